The molecule has 0 saturated heterocycles. The standard InChI is InChI=1S/C16H16.C6H10O3/c1-16(2,3)11-10-13-8-9-14-6-4-5-7-15(14)12-13;1-5(2)9-4-3-6(7)8/h4-9,12H,1-3H3;3-5H,1-2H3,(H,7,8). The van der Waals surface area contributed by atoms with Gasteiger partial charge in [-0.05, 0) is 57.5 Å². The first-order valence-corrected chi connectivity index (χ1v) is 8.24. The second-order valence-corrected chi connectivity index (χ2v) is 6.89. The molecule has 1 N–H and O–H groups in total. The number of benzene rings is 2. The first-order valence-electron chi connectivity index (χ1n) is 8.24. The molecule has 2 rings (SSSR count). The van der Waals surface area contributed by atoms with Gasteiger partial charge in [-0.25, -0.2) is 4.79 Å². The molecule has 0 amide bonds. The van der Waals surface area contributed by atoms with Gasteiger partial charge < -0.3 is 9.84 Å². The summed E-state index contributed by atoms with van der Waals surface area (Å²) in [5.74, 6) is 5.49. The van der Waals surface area contributed by atoms with E-state index in [4.69, 9.17) is 9.84 Å². The number of carboxylic acids is 1. The number of hydrogen-bond acceptors (Lipinski definition) is 2. The zero-order valence-electron chi connectivity index (χ0n) is 15.5. The fourth-order valence-corrected chi connectivity index (χ4v) is 1.78. The zero-order valence-corrected chi connectivity index (χ0v) is 15.5. The number of ether oxygens (including phenoxy) is 1. The van der Waals surface area contributed by atoms with Gasteiger partial charge >= 0.3 is 5.97 Å². The largest absolute Gasteiger partial charge is 0.498 e. The van der Waals surface area contributed by atoms with Crippen molar-refractivity contribution in [3.8, 4) is 11.8 Å². The third kappa shape index (κ3) is 9.22. The van der Waals surface area contributed by atoms with Crippen LogP contribution in [0.25, 0.3) is 10.8 Å². The quantitative estimate of drug-likeness (QED) is 0.472. The van der Waals surface area contributed by atoms with E-state index in [2.05, 4.69) is 75.1 Å². The molecule has 0 aromatic heterocycles. The molecule has 0 unspecified atom stereocenters. The van der Waals surface area contributed by atoms with Gasteiger partial charge in [0.2, 0.25) is 0 Å². The molecule has 0 radical (unpaired) electrons. The van der Waals surface area contributed by atoms with Crippen molar-refractivity contribution in [2.24, 2.45) is 5.41 Å². The summed E-state index contributed by atoms with van der Waals surface area (Å²) in [6.07, 6.45) is 2.17. The summed E-state index contributed by atoms with van der Waals surface area (Å²) in [7, 11) is 0. The summed E-state index contributed by atoms with van der Waals surface area (Å²) in [4.78, 5) is 9.81. The maximum Gasteiger partial charge on any atom is 0.331 e. The minimum atomic E-state index is -0.990. The first-order chi connectivity index (χ1) is 11.7. The van der Waals surface area contributed by atoms with E-state index in [-0.39, 0.29) is 11.5 Å². The molecule has 0 heterocycles. The van der Waals surface area contributed by atoms with Gasteiger partial charge in [0.1, 0.15) is 0 Å². The topological polar surface area (TPSA) is 46.5 Å². The number of rotatable bonds is 3. The Labute approximate surface area is 150 Å². The van der Waals surface area contributed by atoms with Crippen molar-refractivity contribution in [3.05, 3.63) is 60.4 Å². The van der Waals surface area contributed by atoms with Crippen molar-refractivity contribution < 1.29 is 14.6 Å². The average molecular weight is 338 g/mol. The smallest absolute Gasteiger partial charge is 0.331 e. The Morgan fingerprint density at radius 1 is 1.12 bits per heavy atom. The van der Waals surface area contributed by atoms with E-state index in [1.165, 1.54) is 17.0 Å². The van der Waals surface area contributed by atoms with Crippen molar-refractivity contribution >= 4 is 16.7 Å². The zero-order chi connectivity index (χ0) is 18.9. The summed E-state index contributed by atoms with van der Waals surface area (Å²) in [5.41, 5.74) is 1.15. The highest BCUT2D eigenvalue weighted by Crippen LogP contribution is 2.16. The summed E-state index contributed by atoms with van der Waals surface area (Å²) < 4.78 is 4.79. The van der Waals surface area contributed by atoms with Crippen LogP contribution in [0.1, 0.15) is 40.2 Å². The Balaban J connectivity index is 0.000000299. The number of carboxylic acid groups (broad SMARTS) is 1. The van der Waals surface area contributed by atoms with Crippen molar-refractivity contribution in [1.29, 1.82) is 0 Å². The van der Waals surface area contributed by atoms with Crippen LogP contribution in [0.15, 0.2) is 54.8 Å². The molecule has 2 aromatic rings. The van der Waals surface area contributed by atoms with Gasteiger partial charge in [-0.15, -0.1) is 0 Å². The summed E-state index contributed by atoms with van der Waals surface area (Å²) in [5, 5.41) is 10.6. The van der Waals surface area contributed by atoms with E-state index < -0.39 is 5.97 Å². The van der Waals surface area contributed by atoms with E-state index in [0.717, 1.165) is 11.6 Å². The highest BCUT2D eigenvalue weighted by atomic mass is 16.5. The van der Waals surface area contributed by atoms with Gasteiger partial charge in [0.15, 0.2) is 0 Å². The lowest BCUT2D eigenvalue weighted by molar-refractivity contribution is -0.131. The Morgan fingerprint density at radius 3 is 2.32 bits per heavy atom. The van der Waals surface area contributed by atoms with Crippen molar-refractivity contribution in [2.45, 2.75) is 40.7 Å². The molecule has 3 nitrogen and oxygen atoms in total. The molecule has 25 heavy (non-hydrogen) atoms. The summed E-state index contributed by atoms with van der Waals surface area (Å²) >= 11 is 0. The van der Waals surface area contributed by atoms with E-state index in [1.54, 1.807) is 0 Å². The molecule has 2 aromatic carbocycles. The molecule has 0 aliphatic rings. The van der Waals surface area contributed by atoms with Crippen LogP contribution in [0, 0.1) is 17.3 Å². The van der Waals surface area contributed by atoms with Crippen molar-refractivity contribution in [2.75, 3.05) is 0 Å². The predicted molar refractivity (Wildman–Crippen MR) is 103 cm³/mol. The Kier molecular flexibility index (Phi) is 7.75. The first kappa shape index (κ1) is 20.3. The van der Waals surface area contributed by atoms with Crippen LogP contribution in [0.5, 0.6) is 0 Å². The number of hydrogen-bond donors (Lipinski definition) is 1. The SMILES string of the molecule is CC(C)(C)C#Cc1ccc2ccccc2c1.CC(C)OC=CC(=O)O. The number of carbonyl (C=O) groups is 1. The van der Waals surface area contributed by atoms with Crippen LogP contribution in [0.2, 0.25) is 0 Å². The molecule has 3 heteroatoms. The van der Waals surface area contributed by atoms with Crippen LogP contribution >= 0.6 is 0 Å². The van der Waals surface area contributed by atoms with Crippen LogP contribution in [-0.2, 0) is 9.53 Å². The van der Waals surface area contributed by atoms with Crippen LogP contribution < -0.4 is 0 Å². The number of fused-ring (bicyclic) bond motifs is 1. The fraction of sp³-hybridized carbons (Fsp3) is 0.318. The lowest BCUT2D eigenvalue weighted by Crippen LogP contribution is -1.99. The Hall–Kier alpha value is -2.73. The van der Waals surface area contributed by atoms with E-state index in [0.29, 0.717) is 0 Å². The summed E-state index contributed by atoms with van der Waals surface area (Å²) in [6, 6.07) is 14.7. The van der Waals surface area contributed by atoms with Gasteiger partial charge in [-0.2, -0.15) is 0 Å². The molecule has 0 aliphatic carbocycles. The van der Waals surface area contributed by atoms with Gasteiger partial charge in [-0.3, -0.25) is 0 Å². The lowest BCUT2D eigenvalue weighted by Gasteiger charge is -2.06. The molecule has 0 spiro atoms. The maximum atomic E-state index is 9.81. The fourth-order valence-electron chi connectivity index (χ4n) is 1.78. The van der Waals surface area contributed by atoms with Gasteiger partial charge in [0.05, 0.1) is 18.4 Å². The van der Waals surface area contributed by atoms with Gasteiger partial charge in [0, 0.05) is 11.0 Å². The molecule has 0 atom stereocenters. The molecule has 0 bridgehead atoms. The Bertz CT molecular complexity index is 784. The lowest BCUT2D eigenvalue weighted by atomic mass is 9.97. The molecular formula is C22H26O3. The third-order valence-electron chi connectivity index (χ3n) is 2.89. The van der Waals surface area contributed by atoms with E-state index in [9.17, 15) is 4.79 Å². The molecule has 0 aliphatic heterocycles. The number of aliphatic carboxylic acids is 1. The van der Waals surface area contributed by atoms with Crippen LogP contribution in [0.3, 0.4) is 0 Å². The minimum absolute atomic E-state index is 0.0422. The second-order valence-electron chi connectivity index (χ2n) is 6.89. The van der Waals surface area contributed by atoms with Crippen LogP contribution in [-0.4, -0.2) is 17.2 Å². The predicted octanol–water partition coefficient (Wildman–Crippen LogP) is 5.25. The second kappa shape index (κ2) is 9.54. The summed E-state index contributed by atoms with van der Waals surface area (Å²) in [6.45, 7) is 10.0. The minimum Gasteiger partial charge on any atom is -0.498 e. The molecule has 0 saturated carbocycles. The Morgan fingerprint density at radius 2 is 1.76 bits per heavy atom. The van der Waals surface area contributed by atoms with Crippen LogP contribution in [0.4, 0.5) is 0 Å². The van der Waals surface area contributed by atoms with E-state index >= 15 is 0 Å². The normalized spacial score (nSPS) is 10.8. The molecular weight excluding hydrogens is 312 g/mol. The monoisotopic (exact) mass is 338 g/mol. The maximum absolute atomic E-state index is 9.81. The highest BCUT2D eigenvalue weighted by molar-refractivity contribution is 5.83. The third-order valence-corrected chi connectivity index (χ3v) is 2.89. The molecule has 132 valence electrons. The molecule has 0 fully saturated rings. The van der Waals surface area contributed by atoms with Gasteiger partial charge in [-0.1, -0.05) is 42.2 Å². The van der Waals surface area contributed by atoms with E-state index in [1.807, 2.05) is 13.8 Å². The highest BCUT2D eigenvalue weighted by Gasteiger charge is 2.03. The average Bonchev–Trinajstić information content (AvgIpc) is 2.52. The van der Waals surface area contributed by atoms with Gasteiger partial charge in [0.25, 0.3) is 0 Å². The van der Waals surface area contributed by atoms with Crippen molar-refractivity contribution in [3.63, 3.8) is 0 Å². The van der Waals surface area contributed by atoms with Crippen molar-refractivity contribution in [1.82, 2.24) is 0 Å².